The van der Waals surface area contributed by atoms with Crippen LogP contribution in [0.3, 0.4) is 0 Å². The fourth-order valence-corrected chi connectivity index (χ4v) is 1.24. The molecule has 3 heteroatoms. The molecule has 0 aliphatic carbocycles. The van der Waals surface area contributed by atoms with Gasteiger partial charge in [0.25, 0.3) is 0 Å². The van der Waals surface area contributed by atoms with Gasteiger partial charge in [0, 0.05) is 13.3 Å². The van der Waals surface area contributed by atoms with E-state index in [1.165, 1.54) is 0 Å². The van der Waals surface area contributed by atoms with Gasteiger partial charge < -0.3 is 9.14 Å². The van der Waals surface area contributed by atoms with Crippen molar-refractivity contribution in [3.05, 3.63) is 36.3 Å². The van der Waals surface area contributed by atoms with Crippen molar-refractivity contribution in [3.63, 3.8) is 0 Å². The van der Waals surface area contributed by atoms with Crippen molar-refractivity contribution < 1.29 is 4.74 Å². The molecule has 0 atom stereocenters. The van der Waals surface area contributed by atoms with Crippen LogP contribution in [0, 0.1) is 0 Å². The topological polar surface area (TPSA) is 26.5 Å². The first-order valence-corrected chi connectivity index (χ1v) is 3.82. The number of methoxy groups -OCH3 is 1. The lowest BCUT2D eigenvalue weighted by atomic mass is 10.4. The smallest absolute Gasteiger partial charge is 0.136 e. The molecule has 2 heterocycles. The summed E-state index contributed by atoms with van der Waals surface area (Å²) in [5.74, 6) is 0. The molecule has 0 aliphatic rings. The fourth-order valence-electron chi connectivity index (χ4n) is 1.24. The Morgan fingerprint density at radius 3 is 3.25 bits per heavy atom. The summed E-state index contributed by atoms with van der Waals surface area (Å²) in [6.45, 7) is 0.602. The SMILES string of the molecule is COCc1cnc2ccccn12. The van der Waals surface area contributed by atoms with Crippen molar-refractivity contribution in [1.82, 2.24) is 9.38 Å². The number of ether oxygens (including phenoxy) is 1. The lowest BCUT2D eigenvalue weighted by Gasteiger charge is -1.98. The zero-order valence-electron chi connectivity index (χ0n) is 6.90. The molecule has 0 aromatic carbocycles. The summed E-state index contributed by atoms with van der Waals surface area (Å²) in [6, 6.07) is 5.92. The summed E-state index contributed by atoms with van der Waals surface area (Å²) in [4.78, 5) is 4.22. The molecule has 0 saturated heterocycles. The summed E-state index contributed by atoms with van der Waals surface area (Å²) >= 11 is 0. The van der Waals surface area contributed by atoms with E-state index < -0.39 is 0 Å². The molecule has 0 saturated carbocycles. The van der Waals surface area contributed by atoms with Gasteiger partial charge in [-0.3, -0.25) is 0 Å². The van der Waals surface area contributed by atoms with Crippen LogP contribution in [-0.4, -0.2) is 16.5 Å². The minimum Gasteiger partial charge on any atom is -0.378 e. The van der Waals surface area contributed by atoms with E-state index in [2.05, 4.69) is 4.98 Å². The second-order valence-corrected chi connectivity index (χ2v) is 2.61. The standard InChI is InChI=1S/C9H10N2O/c1-12-7-8-6-10-9-4-2-3-5-11(8)9/h2-6H,7H2,1H3. The van der Waals surface area contributed by atoms with Gasteiger partial charge in [0.05, 0.1) is 18.5 Å². The highest BCUT2D eigenvalue weighted by molar-refractivity contribution is 5.39. The van der Waals surface area contributed by atoms with Crippen LogP contribution in [-0.2, 0) is 11.3 Å². The molecule has 0 amide bonds. The summed E-state index contributed by atoms with van der Waals surface area (Å²) < 4.78 is 7.05. The Bertz CT molecular complexity index is 381. The average molecular weight is 162 g/mol. The van der Waals surface area contributed by atoms with Gasteiger partial charge in [0.1, 0.15) is 5.65 Å². The van der Waals surface area contributed by atoms with E-state index in [0.29, 0.717) is 6.61 Å². The highest BCUT2D eigenvalue weighted by Gasteiger charge is 1.99. The summed E-state index contributed by atoms with van der Waals surface area (Å²) in [6.07, 6.45) is 3.82. The van der Waals surface area contributed by atoms with Crippen LogP contribution in [0.15, 0.2) is 30.6 Å². The van der Waals surface area contributed by atoms with Crippen LogP contribution in [0.2, 0.25) is 0 Å². The van der Waals surface area contributed by atoms with Gasteiger partial charge in [-0.15, -0.1) is 0 Å². The number of rotatable bonds is 2. The van der Waals surface area contributed by atoms with E-state index in [1.54, 1.807) is 7.11 Å². The van der Waals surface area contributed by atoms with Crippen LogP contribution in [0.5, 0.6) is 0 Å². The van der Waals surface area contributed by atoms with Gasteiger partial charge in [0.15, 0.2) is 0 Å². The fraction of sp³-hybridized carbons (Fsp3) is 0.222. The normalized spacial score (nSPS) is 10.8. The van der Waals surface area contributed by atoms with E-state index in [-0.39, 0.29) is 0 Å². The molecule has 2 rings (SSSR count). The molecule has 62 valence electrons. The zero-order valence-corrected chi connectivity index (χ0v) is 6.90. The maximum absolute atomic E-state index is 5.03. The Morgan fingerprint density at radius 2 is 2.42 bits per heavy atom. The molecular formula is C9H10N2O. The van der Waals surface area contributed by atoms with Gasteiger partial charge in [-0.1, -0.05) is 6.07 Å². The number of aromatic nitrogens is 2. The molecule has 0 bridgehead atoms. The highest BCUT2D eigenvalue weighted by atomic mass is 16.5. The van der Waals surface area contributed by atoms with E-state index in [1.807, 2.05) is 35.0 Å². The third kappa shape index (κ3) is 1.08. The van der Waals surface area contributed by atoms with Gasteiger partial charge in [0.2, 0.25) is 0 Å². The van der Waals surface area contributed by atoms with Gasteiger partial charge >= 0.3 is 0 Å². The first-order chi connectivity index (χ1) is 5.92. The zero-order chi connectivity index (χ0) is 8.39. The molecule has 0 aliphatic heterocycles. The molecule has 0 N–H and O–H groups in total. The van der Waals surface area contributed by atoms with Crippen LogP contribution < -0.4 is 0 Å². The first kappa shape index (κ1) is 7.31. The predicted molar refractivity (Wildman–Crippen MR) is 45.9 cm³/mol. The maximum Gasteiger partial charge on any atom is 0.136 e. The third-order valence-electron chi connectivity index (χ3n) is 1.79. The van der Waals surface area contributed by atoms with Crippen molar-refractivity contribution in [2.45, 2.75) is 6.61 Å². The molecule has 0 fully saturated rings. The molecule has 2 aromatic heterocycles. The monoisotopic (exact) mass is 162 g/mol. The van der Waals surface area contributed by atoms with Crippen molar-refractivity contribution >= 4 is 5.65 Å². The van der Waals surface area contributed by atoms with Crippen molar-refractivity contribution in [2.24, 2.45) is 0 Å². The number of fused-ring (bicyclic) bond motifs is 1. The minimum absolute atomic E-state index is 0.602. The molecule has 3 nitrogen and oxygen atoms in total. The van der Waals surface area contributed by atoms with Crippen molar-refractivity contribution in [1.29, 1.82) is 0 Å². The van der Waals surface area contributed by atoms with Gasteiger partial charge in [-0.25, -0.2) is 4.98 Å². The predicted octanol–water partition coefficient (Wildman–Crippen LogP) is 1.48. The Labute approximate surface area is 70.6 Å². The van der Waals surface area contributed by atoms with E-state index in [4.69, 9.17) is 4.74 Å². The lowest BCUT2D eigenvalue weighted by molar-refractivity contribution is 0.181. The Hall–Kier alpha value is -1.35. The number of hydrogen-bond donors (Lipinski definition) is 0. The van der Waals surface area contributed by atoms with Gasteiger partial charge in [-0.05, 0) is 12.1 Å². The van der Waals surface area contributed by atoms with E-state index in [0.717, 1.165) is 11.3 Å². The molecule has 12 heavy (non-hydrogen) atoms. The number of hydrogen-bond acceptors (Lipinski definition) is 2. The Morgan fingerprint density at radius 1 is 1.50 bits per heavy atom. The summed E-state index contributed by atoms with van der Waals surface area (Å²) in [5.41, 5.74) is 2.04. The second kappa shape index (κ2) is 2.95. The molecule has 0 unspecified atom stereocenters. The largest absolute Gasteiger partial charge is 0.378 e. The van der Waals surface area contributed by atoms with Crippen LogP contribution >= 0.6 is 0 Å². The van der Waals surface area contributed by atoms with Crippen molar-refractivity contribution in [2.75, 3.05) is 7.11 Å². The number of imidazole rings is 1. The van der Waals surface area contributed by atoms with Crippen LogP contribution in [0.4, 0.5) is 0 Å². The van der Waals surface area contributed by atoms with E-state index >= 15 is 0 Å². The van der Waals surface area contributed by atoms with Crippen LogP contribution in [0.25, 0.3) is 5.65 Å². The molecular weight excluding hydrogens is 152 g/mol. The second-order valence-electron chi connectivity index (χ2n) is 2.61. The quantitative estimate of drug-likeness (QED) is 0.668. The summed E-state index contributed by atoms with van der Waals surface area (Å²) in [5, 5.41) is 0. The maximum atomic E-state index is 5.03. The first-order valence-electron chi connectivity index (χ1n) is 3.82. The molecule has 0 radical (unpaired) electrons. The number of pyridine rings is 1. The highest BCUT2D eigenvalue weighted by Crippen LogP contribution is 2.06. The minimum atomic E-state index is 0.602. The third-order valence-corrected chi connectivity index (χ3v) is 1.79. The van der Waals surface area contributed by atoms with Crippen LogP contribution in [0.1, 0.15) is 5.69 Å². The Balaban J connectivity index is 2.55. The van der Waals surface area contributed by atoms with Gasteiger partial charge in [-0.2, -0.15) is 0 Å². The number of nitrogens with zero attached hydrogens (tertiary/aromatic N) is 2. The lowest BCUT2D eigenvalue weighted by Crippen LogP contribution is -1.92. The Kier molecular flexibility index (Phi) is 1.80. The summed E-state index contributed by atoms with van der Waals surface area (Å²) in [7, 11) is 1.68. The molecule has 2 aromatic rings. The average Bonchev–Trinajstić information content (AvgIpc) is 2.50. The van der Waals surface area contributed by atoms with Crippen molar-refractivity contribution in [3.8, 4) is 0 Å². The molecule has 0 spiro atoms. The van der Waals surface area contributed by atoms with E-state index in [9.17, 15) is 0 Å².